The molecule has 4 rings (SSSR count). The first kappa shape index (κ1) is 25.3. The maximum Gasteiger partial charge on any atom is 0.357 e. The Balaban J connectivity index is 1.80. The van der Waals surface area contributed by atoms with E-state index in [1.54, 1.807) is 35.2 Å². The molecule has 2 aliphatic heterocycles. The second kappa shape index (κ2) is 10.8. The number of hydrogen-bond donors (Lipinski definition) is 3. The van der Waals surface area contributed by atoms with E-state index in [1.807, 2.05) is 6.92 Å². The highest BCUT2D eigenvalue weighted by atomic mass is 16.7. The van der Waals surface area contributed by atoms with Gasteiger partial charge in [-0.3, -0.25) is 14.5 Å². The number of rotatable bonds is 9. The lowest BCUT2D eigenvalue weighted by atomic mass is 9.81. The molecule has 0 spiro atoms. The molecule has 2 aliphatic rings. The maximum atomic E-state index is 12.7. The average Bonchev–Trinajstić information content (AvgIpc) is 3.50. The van der Waals surface area contributed by atoms with Crippen molar-refractivity contribution in [2.45, 2.75) is 25.3 Å². The van der Waals surface area contributed by atoms with E-state index in [1.165, 1.54) is 13.2 Å². The van der Waals surface area contributed by atoms with Crippen LogP contribution in [0.1, 0.15) is 46.8 Å². The molecular formula is C25H29N3O8. The number of nitrogens with zero attached hydrogens (tertiary/aromatic N) is 1. The summed E-state index contributed by atoms with van der Waals surface area (Å²) in [6.07, 6.45) is 0.762. The first-order valence-electron chi connectivity index (χ1n) is 11.6. The van der Waals surface area contributed by atoms with E-state index in [0.29, 0.717) is 29.4 Å². The number of benzene rings is 2. The van der Waals surface area contributed by atoms with Gasteiger partial charge in [0.05, 0.1) is 31.2 Å². The van der Waals surface area contributed by atoms with Crippen molar-refractivity contribution in [1.29, 1.82) is 0 Å². The SMILES string of the molecule is CCCNC(=O)CN1CC(c2ccc3c(c2)OCO3)C(C(=O)O)C1c1ccc(OC)cc1C(=O)ON. The molecular weight excluding hydrogens is 470 g/mol. The van der Waals surface area contributed by atoms with Gasteiger partial charge >= 0.3 is 11.9 Å². The topological polar surface area (TPSA) is 150 Å². The predicted molar refractivity (Wildman–Crippen MR) is 127 cm³/mol. The van der Waals surface area contributed by atoms with Crippen molar-refractivity contribution >= 4 is 17.8 Å². The van der Waals surface area contributed by atoms with E-state index in [-0.39, 0.29) is 31.4 Å². The third-order valence-electron chi connectivity index (χ3n) is 6.53. The Morgan fingerprint density at radius 1 is 1.17 bits per heavy atom. The molecule has 1 fully saturated rings. The minimum atomic E-state index is -1.07. The van der Waals surface area contributed by atoms with Crippen LogP contribution in [0.5, 0.6) is 17.2 Å². The van der Waals surface area contributed by atoms with Gasteiger partial charge < -0.3 is 29.5 Å². The molecule has 0 aliphatic carbocycles. The van der Waals surface area contributed by atoms with Gasteiger partial charge in [0.25, 0.3) is 0 Å². The van der Waals surface area contributed by atoms with Crippen LogP contribution in [-0.2, 0) is 14.4 Å². The fourth-order valence-electron chi connectivity index (χ4n) is 4.91. The molecule has 2 aromatic carbocycles. The number of carboxylic acids is 1. The maximum absolute atomic E-state index is 12.7. The van der Waals surface area contributed by atoms with Crippen LogP contribution in [0.25, 0.3) is 0 Å². The van der Waals surface area contributed by atoms with Gasteiger partial charge in [-0.25, -0.2) is 4.79 Å². The molecule has 0 bridgehead atoms. The standard InChI is InChI=1S/C25H29N3O8/c1-3-8-27-21(29)12-28-11-18(14-4-7-19-20(9-14)35-13-34-19)22(24(30)31)23(28)16-6-5-15(33-2)10-17(16)25(32)36-26/h4-7,9-10,18,22-23H,3,8,11-13,26H2,1-2H3,(H,27,29)(H,30,31). The van der Waals surface area contributed by atoms with Gasteiger partial charge in [0.15, 0.2) is 11.5 Å². The summed E-state index contributed by atoms with van der Waals surface area (Å²) in [6.45, 7) is 2.73. The molecule has 3 atom stereocenters. The molecule has 3 unspecified atom stereocenters. The number of carboxylic acid groups (broad SMARTS) is 1. The lowest BCUT2D eigenvalue weighted by Crippen LogP contribution is -2.39. The Labute approximate surface area is 208 Å². The molecule has 0 radical (unpaired) electrons. The van der Waals surface area contributed by atoms with Crippen molar-refractivity contribution in [3.05, 3.63) is 53.1 Å². The number of nitrogens with one attached hydrogen (secondary N) is 1. The number of hydrogen-bond acceptors (Lipinski definition) is 9. The Kier molecular flexibility index (Phi) is 7.61. The monoisotopic (exact) mass is 499 g/mol. The van der Waals surface area contributed by atoms with Crippen LogP contribution in [0.15, 0.2) is 36.4 Å². The molecule has 11 nitrogen and oxygen atoms in total. The molecule has 4 N–H and O–H groups in total. The number of amides is 1. The number of aliphatic carboxylic acids is 1. The van der Waals surface area contributed by atoms with Crippen LogP contribution in [0.3, 0.4) is 0 Å². The zero-order valence-corrected chi connectivity index (χ0v) is 20.1. The van der Waals surface area contributed by atoms with Gasteiger partial charge in [-0.1, -0.05) is 19.1 Å². The highest BCUT2D eigenvalue weighted by Crippen LogP contribution is 2.48. The minimum absolute atomic E-state index is 0.0569. The lowest BCUT2D eigenvalue weighted by molar-refractivity contribution is -0.143. The molecule has 2 aromatic rings. The molecule has 192 valence electrons. The van der Waals surface area contributed by atoms with Crippen molar-refractivity contribution in [1.82, 2.24) is 10.2 Å². The van der Waals surface area contributed by atoms with Gasteiger partial charge in [-0.15, -0.1) is 0 Å². The molecule has 36 heavy (non-hydrogen) atoms. The van der Waals surface area contributed by atoms with Crippen LogP contribution in [0.4, 0.5) is 0 Å². The third-order valence-corrected chi connectivity index (χ3v) is 6.53. The fraction of sp³-hybridized carbons (Fsp3) is 0.400. The summed E-state index contributed by atoms with van der Waals surface area (Å²) in [5.74, 6) is 3.03. The van der Waals surface area contributed by atoms with E-state index < -0.39 is 29.8 Å². The summed E-state index contributed by atoms with van der Waals surface area (Å²) < 4.78 is 16.1. The van der Waals surface area contributed by atoms with E-state index in [2.05, 4.69) is 10.2 Å². The van der Waals surface area contributed by atoms with Gasteiger partial charge in [0, 0.05) is 19.0 Å². The van der Waals surface area contributed by atoms with Crippen LogP contribution < -0.4 is 25.4 Å². The average molecular weight is 500 g/mol. The van der Waals surface area contributed by atoms with Gasteiger partial charge in [-0.2, -0.15) is 5.90 Å². The smallest absolute Gasteiger partial charge is 0.357 e. The van der Waals surface area contributed by atoms with Crippen LogP contribution >= 0.6 is 0 Å². The van der Waals surface area contributed by atoms with Gasteiger partial charge in [-0.05, 0) is 41.8 Å². The van der Waals surface area contributed by atoms with E-state index in [4.69, 9.17) is 20.1 Å². The highest BCUT2D eigenvalue weighted by Gasteiger charge is 2.49. The van der Waals surface area contributed by atoms with Crippen LogP contribution in [0, 0.1) is 5.92 Å². The summed E-state index contributed by atoms with van der Waals surface area (Å²) in [6, 6.07) is 9.18. The molecule has 1 saturated heterocycles. The molecule has 0 saturated carbocycles. The number of methoxy groups -OCH3 is 1. The first-order valence-corrected chi connectivity index (χ1v) is 11.6. The summed E-state index contributed by atoms with van der Waals surface area (Å²) in [4.78, 5) is 44.3. The fourth-order valence-corrected chi connectivity index (χ4v) is 4.91. The van der Waals surface area contributed by atoms with Crippen LogP contribution in [-0.4, -0.2) is 61.4 Å². The number of likely N-dealkylation sites (tertiary alicyclic amines) is 1. The largest absolute Gasteiger partial charge is 0.497 e. The second-order valence-corrected chi connectivity index (χ2v) is 8.67. The second-order valence-electron chi connectivity index (χ2n) is 8.67. The van der Waals surface area contributed by atoms with Crippen molar-refractivity contribution in [2.75, 3.05) is 33.5 Å². The number of fused-ring (bicyclic) bond motifs is 1. The number of ether oxygens (including phenoxy) is 3. The predicted octanol–water partition coefficient (Wildman–Crippen LogP) is 1.82. The van der Waals surface area contributed by atoms with E-state index in [9.17, 15) is 19.5 Å². The van der Waals surface area contributed by atoms with Crippen molar-refractivity contribution in [3.8, 4) is 17.2 Å². The van der Waals surface area contributed by atoms with Crippen molar-refractivity contribution < 1.29 is 38.5 Å². The van der Waals surface area contributed by atoms with Gasteiger partial charge in [0.2, 0.25) is 12.7 Å². The zero-order chi connectivity index (χ0) is 25.8. The zero-order valence-electron chi connectivity index (χ0n) is 20.1. The number of carbonyl (C=O) groups is 3. The summed E-state index contributed by atoms with van der Waals surface area (Å²) >= 11 is 0. The molecule has 0 aromatic heterocycles. The minimum Gasteiger partial charge on any atom is -0.497 e. The summed E-state index contributed by atoms with van der Waals surface area (Å²) in [5.41, 5.74) is 1.17. The summed E-state index contributed by atoms with van der Waals surface area (Å²) in [7, 11) is 1.45. The first-order chi connectivity index (χ1) is 17.4. The Morgan fingerprint density at radius 2 is 1.94 bits per heavy atom. The van der Waals surface area contributed by atoms with Crippen LogP contribution in [0.2, 0.25) is 0 Å². The van der Waals surface area contributed by atoms with E-state index >= 15 is 0 Å². The van der Waals surface area contributed by atoms with Crippen molar-refractivity contribution in [2.24, 2.45) is 11.8 Å². The van der Waals surface area contributed by atoms with Crippen molar-refractivity contribution in [3.63, 3.8) is 0 Å². The number of nitrogens with two attached hydrogens (primary N) is 1. The van der Waals surface area contributed by atoms with E-state index in [0.717, 1.165) is 12.0 Å². The highest BCUT2D eigenvalue weighted by molar-refractivity contribution is 5.92. The van der Waals surface area contributed by atoms with Gasteiger partial charge in [0.1, 0.15) is 5.75 Å². The normalized spacial score (nSPS) is 20.7. The Hall–Kier alpha value is -3.83. The Bertz CT molecular complexity index is 1150. The molecule has 1 amide bonds. The summed E-state index contributed by atoms with van der Waals surface area (Å²) in [5, 5.41) is 13.2. The Morgan fingerprint density at radius 3 is 2.64 bits per heavy atom. The third kappa shape index (κ3) is 4.93. The molecule has 2 heterocycles. The lowest BCUT2D eigenvalue weighted by Gasteiger charge is -2.28. The number of carbonyl (C=O) groups excluding carboxylic acids is 2. The molecule has 11 heteroatoms. The quantitative estimate of drug-likeness (QED) is 0.436.